The number of rotatable bonds is 6. The molecule has 0 amide bonds. The Balaban J connectivity index is 2.10. The first-order chi connectivity index (χ1) is 13.3. The van der Waals surface area contributed by atoms with Crippen LogP contribution in [0.2, 0.25) is 0 Å². The van der Waals surface area contributed by atoms with Crippen LogP contribution in [0.25, 0.3) is 11.1 Å². The highest BCUT2D eigenvalue weighted by molar-refractivity contribution is 5.99. The van der Waals surface area contributed by atoms with Crippen molar-refractivity contribution in [2.24, 2.45) is 0 Å². The van der Waals surface area contributed by atoms with Crippen LogP contribution >= 0.6 is 0 Å². The van der Waals surface area contributed by atoms with Gasteiger partial charge in [0.1, 0.15) is 5.82 Å². The summed E-state index contributed by atoms with van der Waals surface area (Å²) in [6.07, 6.45) is 0.169. The Morgan fingerprint density at radius 3 is 2.39 bits per heavy atom. The van der Waals surface area contributed by atoms with Gasteiger partial charge in [-0.3, -0.25) is 4.79 Å². The number of carbonyl (C=O) groups excluding carboxylic acids is 1. The second-order valence-corrected chi connectivity index (χ2v) is 7.38. The maximum absolute atomic E-state index is 13.2. The Kier molecular flexibility index (Phi) is 5.90. The van der Waals surface area contributed by atoms with E-state index in [9.17, 15) is 9.18 Å². The number of nitrogens with two attached hydrogens (primary N) is 1. The van der Waals surface area contributed by atoms with Crippen LogP contribution < -0.4 is 5.73 Å². The number of benzene rings is 3. The number of carbonyl (C=O) groups is 1. The lowest BCUT2D eigenvalue weighted by molar-refractivity contribution is 0.0993. The smallest absolute Gasteiger partial charge is 0.167 e. The van der Waals surface area contributed by atoms with Crippen LogP contribution in [-0.2, 0) is 13.0 Å². The molecule has 4 heteroatoms. The van der Waals surface area contributed by atoms with Gasteiger partial charge in [0, 0.05) is 24.2 Å². The van der Waals surface area contributed by atoms with E-state index in [1.165, 1.54) is 24.3 Å². The number of ketones is 1. The molecule has 3 rings (SSSR count). The fourth-order valence-electron chi connectivity index (χ4n) is 3.43. The minimum Gasteiger partial charge on any atom is -0.398 e. The molecule has 0 heterocycles. The molecule has 3 aromatic carbocycles. The average molecular weight is 376 g/mol. The second kappa shape index (κ2) is 8.36. The van der Waals surface area contributed by atoms with Gasteiger partial charge in [-0.15, -0.1) is 0 Å². The summed E-state index contributed by atoms with van der Waals surface area (Å²) in [6.45, 7) is 2.78. The molecule has 3 aromatic rings. The molecule has 0 saturated heterocycles. The van der Waals surface area contributed by atoms with Crippen LogP contribution in [0.3, 0.4) is 0 Å². The third kappa shape index (κ3) is 4.46. The number of anilines is 1. The Bertz CT molecular complexity index is 994. The van der Waals surface area contributed by atoms with Crippen LogP contribution in [0, 0.1) is 12.7 Å². The predicted molar refractivity (Wildman–Crippen MR) is 113 cm³/mol. The van der Waals surface area contributed by atoms with E-state index >= 15 is 0 Å². The van der Waals surface area contributed by atoms with Crippen molar-refractivity contribution in [3.05, 3.63) is 88.7 Å². The van der Waals surface area contributed by atoms with E-state index < -0.39 is 0 Å². The number of aryl methyl sites for hydroxylation is 1. The number of hydrogen-bond acceptors (Lipinski definition) is 3. The topological polar surface area (TPSA) is 46.3 Å². The summed E-state index contributed by atoms with van der Waals surface area (Å²) in [4.78, 5) is 15.0. The highest BCUT2D eigenvalue weighted by atomic mass is 19.1. The fourth-order valence-corrected chi connectivity index (χ4v) is 3.43. The van der Waals surface area contributed by atoms with Crippen LogP contribution in [0.1, 0.15) is 27.0 Å². The van der Waals surface area contributed by atoms with Crippen molar-refractivity contribution in [2.75, 3.05) is 19.8 Å². The zero-order valence-corrected chi connectivity index (χ0v) is 16.5. The summed E-state index contributed by atoms with van der Waals surface area (Å²) < 4.78 is 13.2. The summed E-state index contributed by atoms with van der Waals surface area (Å²) in [5.74, 6) is -0.438. The third-order valence-electron chi connectivity index (χ3n) is 4.73. The molecular formula is C24H25FN2O. The van der Waals surface area contributed by atoms with E-state index in [-0.39, 0.29) is 18.0 Å². The lowest BCUT2D eigenvalue weighted by Crippen LogP contribution is -2.14. The molecule has 28 heavy (non-hydrogen) atoms. The highest BCUT2D eigenvalue weighted by Crippen LogP contribution is 2.34. The summed E-state index contributed by atoms with van der Waals surface area (Å²) in [5, 5.41) is 0. The monoisotopic (exact) mass is 376 g/mol. The molecule has 0 aliphatic heterocycles. The summed E-state index contributed by atoms with van der Waals surface area (Å²) in [5.41, 5.74) is 12.5. The van der Waals surface area contributed by atoms with Gasteiger partial charge in [-0.1, -0.05) is 35.9 Å². The van der Waals surface area contributed by atoms with Gasteiger partial charge in [0.25, 0.3) is 0 Å². The molecule has 2 N–H and O–H groups in total. The van der Waals surface area contributed by atoms with E-state index in [2.05, 4.69) is 11.0 Å². The standard InChI is InChI=1S/C24H25FN2O/c1-16-5-4-6-18(13-16)24-19(15-27(2)3)9-12-22(26)21(24)14-23(28)17-7-10-20(25)11-8-17/h4-13H,14-15,26H2,1-3H3. The van der Waals surface area contributed by atoms with E-state index in [4.69, 9.17) is 5.73 Å². The Morgan fingerprint density at radius 1 is 1.04 bits per heavy atom. The minimum atomic E-state index is -0.357. The summed E-state index contributed by atoms with van der Waals surface area (Å²) >= 11 is 0. The molecule has 0 unspecified atom stereocenters. The zero-order valence-electron chi connectivity index (χ0n) is 16.5. The first-order valence-corrected chi connectivity index (χ1v) is 9.26. The van der Waals surface area contributed by atoms with Crippen LogP contribution in [0.4, 0.5) is 10.1 Å². The Hall–Kier alpha value is -2.98. The maximum Gasteiger partial charge on any atom is 0.167 e. The van der Waals surface area contributed by atoms with Gasteiger partial charge in [-0.25, -0.2) is 4.39 Å². The molecule has 3 nitrogen and oxygen atoms in total. The molecule has 0 saturated carbocycles. The fraction of sp³-hybridized carbons (Fsp3) is 0.208. The van der Waals surface area contributed by atoms with Gasteiger partial charge in [0.05, 0.1) is 0 Å². The largest absolute Gasteiger partial charge is 0.398 e. The van der Waals surface area contributed by atoms with E-state index in [1.807, 2.05) is 51.4 Å². The Labute approximate surface area is 165 Å². The van der Waals surface area contributed by atoms with Crippen molar-refractivity contribution in [3.8, 4) is 11.1 Å². The lowest BCUT2D eigenvalue weighted by Gasteiger charge is -2.20. The average Bonchev–Trinajstić information content (AvgIpc) is 2.64. The molecule has 0 aliphatic carbocycles. The quantitative estimate of drug-likeness (QED) is 0.493. The van der Waals surface area contributed by atoms with E-state index in [1.54, 1.807) is 0 Å². The molecular weight excluding hydrogens is 351 g/mol. The summed E-state index contributed by atoms with van der Waals surface area (Å²) in [6, 6.07) is 17.8. The Morgan fingerprint density at radius 2 is 1.75 bits per heavy atom. The van der Waals surface area contributed by atoms with E-state index in [0.29, 0.717) is 11.3 Å². The van der Waals surface area contributed by atoms with Gasteiger partial charge in [0.15, 0.2) is 5.78 Å². The van der Waals surface area contributed by atoms with Gasteiger partial charge >= 0.3 is 0 Å². The van der Waals surface area contributed by atoms with Crippen molar-refractivity contribution < 1.29 is 9.18 Å². The van der Waals surface area contributed by atoms with Crippen LogP contribution in [0.5, 0.6) is 0 Å². The first kappa shape index (κ1) is 19.8. The van der Waals surface area contributed by atoms with Crippen molar-refractivity contribution in [1.82, 2.24) is 4.90 Å². The number of halogens is 1. The van der Waals surface area contributed by atoms with Crippen molar-refractivity contribution in [2.45, 2.75) is 19.9 Å². The minimum absolute atomic E-state index is 0.0809. The van der Waals surface area contributed by atoms with Crippen molar-refractivity contribution in [3.63, 3.8) is 0 Å². The van der Waals surface area contributed by atoms with Gasteiger partial charge in [0.2, 0.25) is 0 Å². The van der Waals surface area contributed by atoms with Crippen LogP contribution in [0.15, 0.2) is 60.7 Å². The van der Waals surface area contributed by atoms with Crippen molar-refractivity contribution >= 4 is 11.5 Å². The number of Topliss-reactive ketones (excluding diaryl/α,β-unsaturated/α-hetero) is 1. The number of nitrogen functional groups attached to an aromatic ring is 1. The molecule has 0 atom stereocenters. The number of hydrogen-bond donors (Lipinski definition) is 1. The van der Waals surface area contributed by atoms with Crippen LogP contribution in [-0.4, -0.2) is 24.8 Å². The SMILES string of the molecule is Cc1cccc(-c2c(CN(C)C)ccc(N)c2CC(=O)c2ccc(F)cc2)c1. The molecule has 0 spiro atoms. The second-order valence-electron chi connectivity index (χ2n) is 7.38. The molecule has 0 aliphatic rings. The molecule has 0 bridgehead atoms. The van der Waals surface area contributed by atoms with Gasteiger partial charge < -0.3 is 10.6 Å². The first-order valence-electron chi connectivity index (χ1n) is 9.26. The van der Waals surface area contributed by atoms with E-state index in [0.717, 1.165) is 34.4 Å². The predicted octanol–water partition coefficient (Wildman–Crippen LogP) is 4.87. The van der Waals surface area contributed by atoms with Gasteiger partial charge in [-0.2, -0.15) is 0 Å². The molecule has 0 fully saturated rings. The van der Waals surface area contributed by atoms with Gasteiger partial charge in [-0.05, 0) is 73.6 Å². The molecule has 0 radical (unpaired) electrons. The third-order valence-corrected chi connectivity index (χ3v) is 4.73. The lowest BCUT2D eigenvalue weighted by atomic mass is 9.88. The highest BCUT2D eigenvalue weighted by Gasteiger charge is 2.18. The summed E-state index contributed by atoms with van der Waals surface area (Å²) in [7, 11) is 4.03. The normalized spacial score (nSPS) is 11.0. The maximum atomic E-state index is 13.2. The van der Waals surface area contributed by atoms with Crippen molar-refractivity contribution in [1.29, 1.82) is 0 Å². The molecule has 0 aromatic heterocycles. The number of nitrogens with zero attached hydrogens (tertiary/aromatic N) is 1. The molecule has 144 valence electrons. The zero-order chi connectivity index (χ0) is 20.3.